The highest BCUT2D eigenvalue weighted by Crippen LogP contribution is 2.34. The maximum absolute atomic E-state index is 11.5. The van der Waals surface area contributed by atoms with Crippen LogP contribution in [-0.4, -0.2) is 36.4 Å². The van der Waals surface area contributed by atoms with Gasteiger partial charge in [0.2, 0.25) is 0 Å². The van der Waals surface area contributed by atoms with Crippen molar-refractivity contribution in [1.82, 2.24) is 0 Å². The van der Waals surface area contributed by atoms with Crippen LogP contribution < -0.4 is 5.32 Å². The van der Waals surface area contributed by atoms with E-state index in [1.165, 1.54) is 11.1 Å². The van der Waals surface area contributed by atoms with Crippen molar-refractivity contribution in [3.05, 3.63) is 29.3 Å². The normalized spacial score (nSPS) is 28.0. The third kappa shape index (κ3) is 2.65. The molecule has 1 aromatic carbocycles. The molecular weight excluding hydrogens is 280 g/mol. The zero-order valence-corrected chi connectivity index (χ0v) is 12.5. The summed E-state index contributed by atoms with van der Waals surface area (Å²) < 4.78 is 23.0. The first kappa shape index (κ1) is 13.0. The molecule has 102 valence electrons. The van der Waals surface area contributed by atoms with E-state index in [1.54, 1.807) is 11.8 Å². The fraction of sp³-hybridized carbons (Fsp3) is 0.462. The van der Waals surface area contributed by atoms with Gasteiger partial charge < -0.3 is 5.32 Å². The molecule has 0 amide bonds. The van der Waals surface area contributed by atoms with Gasteiger partial charge in [0.05, 0.1) is 17.5 Å². The molecule has 2 aliphatic heterocycles. The summed E-state index contributed by atoms with van der Waals surface area (Å²) in [6.45, 7) is 4.10. The molecule has 2 aliphatic rings. The number of nitrogens with one attached hydrogen (secondary N) is 1. The number of hydrogen-bond donors (Lipinski definition) is 1. The molecular formula is C13H16N2O2S2. The number of nitrogens with zero attached hydrogens (tertiary/aromatic N) is 1. The van der Waals surface area contributed by atoms with E-state index in [9.17, 15) is 8.42 Å². The summed E-state index contributed by atoms with van der Waals surface area (Å²) in [7, 11) is -2.87. The zero-order valence-electron chi connectivity index (χ0n) is 10.9. The number of hydrogen-bond acceptors (Lipinski definition) is 5. The van der Waals surface area contributed by atoms with E-state index in [0.717, 1.165) is 10.9 Å². The van der Waals surface area contributed by atoms with Gasteiger partial charge in [-0.3, -0.25) is 4.99 Å². The number of thioether (sulfide) groups is 1. The second-order valence-electron chi connectivity index (χ2n) is 5.18. The molecule has 1 N–H and O–H groups in total. The molecule has 0 bridgehead atoms. The number of sulfone groups is 1. The van der Waals surface area contributed by atoms with E-state index >= 15 is 0 Å². The minimum Gasteiger partial charge on any atom is -0.335 e. The van der Waals surface area contributed by atoms with E-state index in [1.807, 2.05) is 6.92 Å². The number of fused-ring (bicyclic) bond motifs is 1. The molecule has 6 heteroatoms. The van der Waals surface area contributed by atoms with Gasteiger partial charge in [-0.25, -0.2) is 8.42 Å². The summed E-state index contributed by atoms with van der Waals surface area (Å²) in [5.41, 5.74) is 3.41. The average molecular weight is 296 g/mol. The summed E-state index contributed by atoms with van der Waals surface area (Å²) in [5, 5.41) is 4.26. The molecule has 3 rings (SSSR count). The number of amidine groups is 1. The molecule has 4 nitrogen and oxygen atoms in total. The molecule has 2 atom stereocenters. The Labute approximate surface area is 117 Å². The van der Waals surface area contributed by atoms with Crippen LogP contribution in [0.4, 0.5) is 5.69 Å². The first-order valence-electron chi connectivity index (χ1n) is 6.22. The largest absolute Gasteiger partial charge is 0.335 e. The third-order valence-electron chi connectivity index (χ3n) is 3.45. The molecule has 0 spiro atoms. The van der Waals surface area contributed by atoms with Crippen LogP contribution in [-0.2, 0) is 9.84 Å². The Kier molecular flexibility index (Phi) is 3.09. The van der Waals surface area contributed by atoms with E-state index in [-0.39, 0.29) is 22.8 Å². The van der Waals surface area contributed by atoms with Crippen molar-refractivity contribution in [3.63, 3.8) is 0 Å². The van der Waals surface area contributed by atoms with Gasteiger partial charge in [0.25, 0.3) is 0 Å². The van der Waals surface area contributed by atoms with Crippen molar-refractivity contribution in [1.29, 1.82) is 0 Å². The Morgan fingerprint density at radius 1 is 1.32 bits per heavy atom. The molecule has 0 aliphatic carbocycles. The maximum atomic E-state index is 11.5. The number of rotatable bonds is 1. The van der Waals surface area contributed by atoms with Crippen LogP contribution >= 0.6 is 11.8 Å². The molecule has 1 saturated heterocycles. The minimum atomic E-state index is -2.87. The standard InChI is InChI=1S/C13H16N2O2S2/c1-8-3-4-9(2)10(5-8)14-13-15-11-6-19(16,17)7-12(11)18-13/h3-5,11-12H,6-7H2,1-2H3,(H,14,15)/t11-,12+/m0/s1. The Morgan fingerprint density at radius 2 is 2.11 bits per heavy atom. The highest BCUT2D eigenvalue weighted by Gasteiger charge is 2.42. The van der Waals surface area contributed by atoms with Crippen LogP contribution in [0.2, 0.25) is 0 Å². The lowest BCUT2D eigenvalue weighted by atomic mass is 10.1. The highest BCUT2D eigenvalue weighted by atomic mass is 32.2. The number of aliphatic imine (C=N–C) groups is 1. The lowest BCUT2D eigenvalue weighted by Crippen LogP contribution is -2.13. The first-order valence-corrected chi connectivity index (χ1v) is 8.92. The van der Waals surface area contributed by atoms with Crippen molar-refractivity contribution >= 4 is 32.5 Å². The second kappa shape index (κ2) is 4.52. The lowest BCUT2D eigenvalue weighted by Gasteiger charge is -2.10. The van der Waals surface area contributed by atoms with Crippen molar-refractivity contribution in [3.8, 4) is 0 Å². The van der Waals surface area contributed by atoms with Crippen LogP contribution in [0.3, 0.4) is 0 Å². The predicted octanol–water partition coefficient (Wildman–Crippen LogP) is 1.98. The fourth-order valence-corrected chi connectivity index (χ4v) is 6.07. The average Bonchev–Trinajstić information content (AvgIpc) is 2.76. The van der Waals surface area contributed by atoms with Gasteiger partial charge >= 0.3 is 0 Å². The van der Waals surface area contributed by atoms with Crippen LogP contribution in [0.1, 0.15) is 11.1 Å². The Hall–Kier alpha value is -1.01. The molecule has 19 heavy (non-hydrogen) atoms. The Balaban J connectivity index is 1.78. The summed E-state index contributed by atoms with van der Waals surface area (Å²) in [6.07, 6.45) is 0. The Bertz CT molecular complexity index is 653. The first-order chi connectivity index (χ1) is 8.93. The second-order valence-corrected chi connectivity index (χ2v) is 8.56. The summed E-state index contributed by atoms with van der Waals surface area (Å²) in [5.74, 6) is 0.451. The van der Waals surface area contributed by atoms with E-state index in [4.69, 9.17) is 0 Å². The molecule has 1 aromatic rings. The smallest absolute Gasteiger partial charge is 0.161 e. The van der Waals surface area contributed by atoms with Crippen molar-refractivity contribution in [2.45, 2.75) is 25.1 Å². The van der Waals surface area contributed by atoms with E-state index < -0.39 is 9.84 Å². The number of anilines is 1. The van der Waals surface area contributed by atoms with Gasteiger partial charge in [-0.2, -0.15) is 0 Å². The summed E-state index contributed by atoms with van der Waals surface area (Å²) in [6, 6.07) is 6.17. The van der Waals surface area contributed by atoms with Gasteiger partial charge in [0.1, 0.15) is 0 Å². The summed E-state index contributed by atoms with van der Waals surface area (Å²) >= 11 is 1.55. The maximum Gasteiger partial charge on any atom is 0.161 e. The third-order valence-corrected chi connectivity index (χ3v) is 6.59. The molecule has 1 fully saturated rings. The SMILES string of the molecule is Cc1ccc(C)c(NC2=N[C@H]3CS(=O)(=O)C[C@H]3S2)c1. The van der Waals surface area contributed by atoms with E-state index in [0.29, 0.717) is 0 Å². The topological polar surface area (TPSA) is 58.5 Å². The molecule has 0 aromatic heterocycles. The Morgan fingerprint density at radius 3 is 2.84 bits per heavy atom. The van der Waals surface area contributed by atoms with Crippen LogP contribution in [0.5, 0.6) is 0 Å². The summed E-state index contributed by atoms with van der Waals surface area (Å²) in [4.78, 5) is 4.50. The van der Waals surface area contributed by atoms with Crippen molar-refractivity contribution in [2.75, 3.05) is 16.8 Å². The van der Waals surface area contributed by atoms with Gasteiger partial charge in [0.15, 0.2) is 15.0 Å². The van der Waals surface area contributed by atoms with Gasteiger partial charge in [-0.15, -0.1) is 0 Å². The van der Waals surface area contributed by atoms with Gasteiger partial charge in [-0.1, -0.05) is 23.9 Å². The van der Waals surface area contributed by atoms with Crippen LogP contribution in [0, 0.1) is 13.8 Å². The molecule has 0 saturated carbocycles. The quantitative estimate of drug-likeness (QED) is 0.861. The number of aryl methyl sites for hydroxylation is 2. The molecule has 0 unspecified atom stereocenters. The van der Waals surface area contributed by atoms with Crippen molar-refractivity contribution < 1.29 is 8.42 Å². The van der Waals surface area contributed by atoms with Gasteiger partial charge in [-0.05, 0) is 31.0 Å². The zero-order chi connectivity index (χ0) is 13.6. The van der Waals surface area contributed by atoms with Crippen molar-refractivity contribution in [2.24, 2.45) is 4.99 Å². The van der Waals surface area contributed by atoms with Gasteiger partial charge in [0, 0.05) is 10.9 Å². The lowest BCUT2D eigenvalue weighted by molar-refractivity contribution is 0.601. The highest BCUT2D eigenvalue weighted by molar-refractivity contribution is 8.15. The molecule has 0 radical (unpaired) electrons. The van der Waals surface area contributed by atoms with E-state index in [2.05, 4.69) is 35.4 Å². The molecule has 2 heterocycles. The minimum absolute atomic E-state index is 0.0670. The predicted molar refractivity (Wildman–Crippen MR) is 80.8 cm³/mol. The number of benzene rings is 1. The van der Waals surface area contributed by atoms with Crippen LogP contribution in [0.15, 0.2) is 23.2 Å². The van der Waals surface area contributed by atoms with Crippen LogP contribution in [0.25, 0.3) is 0 Å². The fourth-order valence-electron chi connectivity index (χ4n) is 2.40. The monoisotopic (exact) mass is 296 g/mol.